The molecule has 2 rings (SSSR count). The average Bonchev–Trinajstić information content (AvgIpc) is 2.48. The standard InChI is InChI=1S/C15H14N2O2S/c1-12(14-7-3-2-4-8-14)17-20(18,19)15-9-5-6-13(10-15)11-16/h2-10,12,17H,1H3. The molecular formula is C15H14N2O2S. The van der Waals surface area contributed by atoms with Gasteiger partial charge in [-0.1, -0.05) is 36.4 Å². The van der Waals surface area contributed by atoms with Gasteiger partial charge in [0.15, 0.2) is 0 Å². The third-order valence-corrected chi connectivity index (χ3v) is 4.44. The number of nitrogens with zero attached hydrogens (tertiary/aromatic N) is 1. The quantitative estimate of drug-likeness (QED) is 0.939. The molecule has 0 heterocycles. The van der Waals surface area contributed by atoms with Crippen LogP contribution in [0.15, 0.2) is 59.5 Å². The van der Waals surface area contributed by atoms with Crippen LogP contribution >= 0.6 is 0 Å². The molecule has 2 aromatic rings. The van der Waals surface area contributed by atoms with Crippen LogP contribution in [0.5, 0.6) is 0 Å². The number of rotatable bonds is 4. The Morgan fingerprint density at radius 1 is 1.10 bits per heavy atom. The summed E-state index contributed by atoms with van der Waals surface area (Å²) in [6.07, 6.45) is 0. The van der Waals surface area contributed by atoms with E-state index in [1.54, 1.807) is 19.1 Å². The number of benzene rings is 2. The zero-order valence-corrected chi connectivity index (χ0v) is 11.8. The summed E-state index contributed by atoms with van der Waals surface area (Å²) in [5.41, 5.74) is 1.20. The van der Waals surface area contributed by atoms with Gasteiger partial charge in [-0.15, -0.1) is 0 Å². The molecule has 0 saturated carbocycles. The van der Waals surface area contributed by atoms with Gasteiger partial charge in [0, 0.05) is 6.04 Å². The highest BCUT2D eigenvalue weighted by Gasteiger charge is 2.18. The summed E-state index contributed by atoms with van der Waals surface area (Å²) in [4.78, 5) is 0.0966. The molecule has 5 heteroatoms. The van der Waals surface area contributed by atoms with E-state index in [1.165, 1.54) is 12.1 Å². The summed E-state index contributed by atoms with van der Waals surface area (Å²) in [7, 11) is -3.64. The largest absolute Gasteiger partial charge is 0.241 e. The van der Waals surface area contributed by atoms with Crippen molar-refractivity contribution in [2.24, 2.45) is 0 Å². The normalized spacial score (nSPS) is 12.6. The Morgan fingerprint density at radius 2 is 1.80 bits per heavy atom. The maximum absolute atomic E-state index is 12.3. The summed E-state index contributed by atoms with van der Waals surface area (Å²) >= 11 is 0. The first-order valence-electron chi connectivity index (χ1n) is 6.10. The smallest absolute Gasteiger partial charge is 0.207 e. The summed E-state index contributed by atoms with van der Waals surface area (Å²) in [6.45, 7) is 1.78. The topological polar surface area (TPSA) is 70.0 Å². The van der Waals surface area contributed by atoms with Gasteiger partial charge in [-0.2, -0.15) is 5.26 Å². The number of hydrogen-bond acceptors (Lipinski definition) is 3. The molecule has 1 unspecified atom stereocenters. The van der Waals surface area contributed by atoms with E-state index in [9.17, 15) is 8.42 Å². The maximum Gasteiger partial charge on any atom is 0.241 e. The minimum absolute atomic E-state index is 0.0966. The van der Waals surface area contributed by atoms with E-state index in [2.05, 4.69) is 4.72 Å². The SMILES string of the molecule is CC(NS(=O)(=O)c1cccc(C#N)c1)c1ccccc1. The molecular weight excluding hydrogens is 272 g/mol. The van der Waals surface area contributed by atoms with E-state index < -0.39 is 10.0 Å². The van der Waals surface area contributed by atoms with Gasteiger partial charge in [-0.05, 0) is 30.7 Å². The Morgan fingerprint density at radius 3 is 2.45 bits per heavy atom. The fourth-order valence-corrected chi connectivity index (χ4v) is 3.12. The molecule has 0 aliphatic carbocycles. The molecule has 0 spiro atoms. The first-order valence-corrected chi connectivity index (χ1v) is 7.59. The van der Waals surface area contributed by atoms with Crippen molar-refractivity contribution in [2.45, 2.75) is 17.9 Å². The van der Waals surface area contributed by atoms with Crippen molar-refractivity contribution in [2.75, 3.05) is 0 Å². The van der Waals surface area contributed by atoms with Crippen molar-refractivity contribution in [3.63, 3.8) is 0 Å². The van der Waals surface area contributed by atoms with Crippen molar-refractivity contribution in [1.29, 1.82) is 5.26 Å². The highest BCUT2D eigenvalue weighted by Crippen LogP contribution is 2.17. The van der Waals surface area contributed by atoms with E-state index in [0.29, 0.717) is 5.56 Å². The molecule has 0 aliphatic heterocycles. The highest BCUT2D eigenvalue weighted by molar-refractivity contribution is 7.89. The Balaban J connectivity index is 2.25. The molecule has 0 saturated heterocycles. The highest BCUT2D eigenvalue weighted by atomic mass is 32.2. The predicted octanol–water partition coefficient (Wildman–Crippen LogP) is 2.60. The average molecular weight is 286 g/mol. The zero-order valence-electron chi connectivity index (χ0n) is 10.9. The van der Waals surface area contributed by atoms with Crippen LogP contribution in [0, 0.1) is 11.3 Å². The van der Waals surface area contributed by atoms with E-state index in [-0.39, 0.29) is 10.9 Å². The van der Waals surface area contributed by atoms with Gasteiger partial charge in [0.25, 0.3) is 0 Å². The van der Waals surface area contributed by atoms with Crippen LogP contribution in [0.25, 0.3) is 0 Å². The summed E-state index contributed by atoms with van der Waals surface area (Å²) in [5, 5.41) is 8.82. The van der Waals surface area contributed by atoms with Gasteiger partial charge >= 0.3 is 0 Å². The lowest BCUT2D eigenvalue weighted by Gasteiger charge is -2.14. The molecule has 0 aromatic heterocycles. The van der Waals surface area contributed by atoms with E-state index in [0.717, 1.165) is 5.56 Å². The second-order valence-electron chi connectivity index (χ2n) is 4.39. The number of sulfonamides is 1. The molecule has 0 bridgehead atoms. The lowest BCUT2D eigenvalue weighted by Crippen LogP contribution is -2.26. The van der Waals surface area contributed by atoms with Gasteiger partial charge in [0.05, 0.1) is 16.5 Å². The van der Waals surface area contributed by atoms with Crippen molar-refractivity contribution >= 4 is 10.0 Å². The molecule has 0 amide bonds. The van der Waals surface area contributed by atoms with Gasteiger partial charge in [-0.25, -0.2) is 13.1 Å². The lowest BCUT2D eigenvalue weighted by molar-refractivity contribution is 0.567. The second-order valence-corrected chi connectivity index (χ2v) is 6.11. The van der Waals surface area contributed by atoms with E-state index in [1.807, 2.05) is 36.4 Å². The minimum Gasteiger partial charge on any atom is -0.207 e. The second kappa shape index (κ2) is 5.87. The molecule has 20 heavy (non-hydrogen) atoms. The monoisotopic (exact) mass is 286 g/mol. The van der Waals surface area contributed by atoms with Crippen LogP contribution in [0.3, 0.4) is 0 Å². The van der Waals surface area contributed by atoms with Gasteiger partial charge < -0.3 is 0 Å². The van der Waals surface area contributed by atoms with Gasteiger partial charge in [0.1, 0.15) is 0 Å². The van der Waals surface area contributed by atoms with Crippen molar-refractivity contribution < 1.29 is 8.42 Å². The van der Waals surface area contributed by atoms with Crippen LogP contribution in [-0.4, -0.2) is 8.42 Å². The fraction of sp³-hybridized carbons (Fsp3) is 0.133. The number of hydrogen-bond donors (Lipinski definition) is 1. The van der Waals surface area contributed by atoms with Crippen molar-refractivity contribution in [3.05, 3.63) is 65.7 Å². The third-order valence-electron chi connectivity index (χ3n) is 2.90. The third kappa shape index (κ3) is 3.23. The molecule has 1 N–H and O–H groups in total. The Hall–Kier alpha value is -2.16. The fourth-order valence-electron chi connectivity index (χ4n) is 1.84. The van der Waals surface area contributed by atoms with Crippen LogP contribution in [-0.2, 0) is 10.0 Å². The van der Waals surface area contributed by atoms with Crippen LogP contribution < -0.4 is 4.72 Å². The lowest BCUT2D eigenvalue weighted by atomic mass is 10.1. The van der Waals surface area contributed by atoms with E-state index in [4.69, 9.17) is 5.26 Å². The Bertz CT molecular complexity index is 734. The minimum atomic E-state index is -3.64. The van der Waals surface area contributed by atoms with Crippen molar-refractivity contribution in [1.82, 2.24) is 4.72 Å². The molecule has 0 fully saturated rings. The van der Waals surface area contributed by atoms with Gasteiger partial charge in [-0.3, -0.25) is 0 Å². The summed E-state index contributed by atoms with van der Waals surface area (Å²) < 4.78 is 27.1. The first-order chi connectivity index (χ1) is 9.53. The molecule has 0 aliphatic rings. The van der Waals surface area contributed by atoms with Gasteiger partial charge in [0.2, 0.25) is 10.0 Å². The number of nitriles is 1. The molecule has 0 radical (unpaired) electrons. The number of nitrogens with one attached hydrogen (secondary N) is 1. The maximum atomic E-state index is 12.3. The van der Waals surface area contributed by atoms with Crippen LogP contribution in [0.1, 0.15) is 24.1 Å². The first kappa shape index (κ1) is 14.3. The summed E-state index contributed by atoms with van der Waals surface area (Å²) in [5.74, 6) is 0. The van der Waals surface area contributed by atoms with E-state index >= 15 is 0 Å². The Kier molecular flexibility index (Phi) is 4.18. The zero-order chi connectivity index (χ0) is 14.6. The van der Waals surface area contributed by atoms with Crippen LogP contribution in [0.2, 0.25) is 0 Å². The van der Waals surface area contributed by atoms with Crippen LogP contribution in [0.4, 0.5) is 0 Å². The Labute approximate surface area is 118 Å². The molecule has 2 aromatic carbocycles. The molecule has 4 nitrogen and oxygen atoms in total. The van der Waals surface area contributed by atoms with Crippen molar-refractivity contribution in [3.8, 4) is 6.07 Å². The molecule has 1 atom stereocenters. The summed E-state index contributed by atoms with van der Waals surface area (Å²) in [6, 6.07) is 16.9. The predicted molar refractivity (Wildman–Crippen MR) is 76.3 cm³/mol. The molecule has 102 valence electrons.